The number of hydrogen-bond donors (Lipinski definition) is 3. The Bertz CT molecular complexity index is 1550. The Morgan fingerprint density at radius 2 is 1.65 bits per heavy atom. The molecule has 0 radical (unpaired) electrons. The van der Waals surface area contributed by atoms with Crippen molar-refractivity contribution in [3.8, 4) is 28.7 Å². The van der Waals surface area contributed by atoms with Crippen LogP contribution in [0.4, 0.5) is 0 Å². The molecule has 0 aliphatic heterocycles. The fourth-order valence-electron chi connectivity index (χ4n) is 3.69. The van der Waals surface area contributed by atoms with Crippen LogP contribution >= 0.6 is 0 Å². The molecular formula is C26H29N3O6S2. The summed E-state index contributed by atoms with van der Waals surface area (Å²) in [6.07, 6.45) is 0.164. The molecule has 0 amide bonds. The monoisotopic (exact) mass is 543 g/mol. The predicted molar refractivity (Wildman–Crippen MR) is 140 cm³/mol. The summed E-state index contributed by atoms with van der Waals surface area (Å²) >= 11 is 0. The number of phenols is 1. The second-order valence-electron chi connectivity index (χ2n) is 9.32. The van der Waals surface area contributed by atoms with Crippen LogP contribution in [0.25, 0.3) is 11.1 Å². The lowest BCUT2D eigenvalue weighted by Crippen LogP contribution is -2.40. The second kappa shape index (κ2) is 10.9. The maximum atomic E-state index is 13.0. The molecule has 0 saturated heterocycles. The van der Waals surface area contributed by atoms with Gasteiger partial charge in [-0.25, -0.2) is 26.3 Å². The first-order chi connectivity index (χ1) is 17.3. The molecule has 0 aliphatic rings. The Labute approximate surface area is 217 Å². The smallest absolute Gasteiger partial charge is 0.244 e. The normalized spacial score (nSPS) is 12.2. The standard InChI is InChI=1S/C26H29N3O6S2/c1-26(2,3)29-37(33,34)24-8-6-5-7-21(24)20-11-10-19(22(30)16-20)13-14-28-36(31,32)25-15-18(17-27)9-12-23(25)35-4/h5-12,15-16,28-30H,13-14H2,1-4H3. The van der Waals surface area contributed by atoms with Crippen molar-refractivity contribution in [3.63, 3.8) is 0 Å². The molecular weight excluding hydrogens is 514 g/mol. The van der Waals surface area contributed by atoms with Crippen molar-refractivity contribution in [3.05, 3.63) is 71.8 Å². The van der Waals surface area contributed by atoms with Gasteiger partial charge in [0.2, 0.25) is 20.0 Å². The highest BCUT2D eigenvalue weighted by Crippen LogP contribution is 2.32. The van der Waals surface area contributed by atoms with Gasteiger partial charge in [-0.15, -0.1) is 0 Å². The van der Waals surface area contributed by atoms with E-state index in [0.29, 0.717) is 16.7 Å². The molecule has 0 aromatic heterocycles. The van der Waals surface area contributed by atoms with Crippen LogP contribution in [0, 0.1) is 11.3 Å². The van der Waals surface area contributed by atoms with Gasteiger partial charge in [-0.05, 0) is 68.7 Å². The first-order valence-electron chi connectivity index (χ1n) is 11.3. The van der Waals surface area contributed by atoms with E-state index in [-0.39, 0.29) is 39.8 Å². The van der Waals surface area contributed by atoms with Crippen molar-refractivity contribution in [1.82, 2.24) is 9.44 Å². The highest BCUT2D eigenvalue weighted by Gasteiger charge is 2.25. The van der Waals surface area contributed by atoms with Crippen molar-refractivity contribution in [2.75, 3.05) is 13.7 Å². The molecule has 3 aromatic rings. The molecule has 0 unspecified atom stereocenters. The highest BCUT2D eigenvalue weighted by molar-refractivity contribution is 7.90. The molecule has 0 fully saturated rings. The van der Waals surface area contributed by atoms with Crippen LogP contribution in [0.1, 0.15) is 31.9 Å². The van der Waals surface area contributed by atoms with Gasteiger partial charge >= 0.3 is 0 Å². The first-order valence-corrected chi connectivity index (χ1v) is 14.3. The van der Waals surface area contributed by atoms with Crippen LogP contribution in [-0.4, -0.2) is 41.1 Å². The summed E-state index contributed by atoms with van der Waals surface area (Å²) in [6.45, 7) is 5.21. The van der Waals surface area contributed by atoms with Crippen LogP contribution in [0.3, 0.4) is 0 Å². The largest absolute Gasteiger partial charge is 0.508 e. The third kappa shape index (κ3) is 6.87. The zero-order valence-corrected chi connectivity index (χ0v) is 22.6. The number of methoxy groups -OCH3 is 1. The Hall–Kier alpha value is -3.43. The van der Waals surface area contributed by atoms with Gasteiger partial charge in [0, 0.05) is 17.6 Å². The van der Waals surface area contributed by atoms with E-state index < -0.39 is 25.6 Å². The minimum Gasteiger partial charge on any atom is -0.508 e. The number of benzene rings is 3. The highest BCUT2D eigenvalue weighted by atomic mass is 32.2. The van der Waals surface area contributed by atoms with Crippen molar-refractivity contribution >= 4 is 20.0 Å². The molecule has 0 aliphatic carbocycles. The Balaban J connectivity index is 1.81. The zero-order chi connectivity index (χ0) is 27.4. The molecule has 9 nitrogen and oxygen atoms in total. The minimum absolute atomic E-state index is 0.0321. The molecule has 0 spiro atoms. The van der Waals surface area contributed by atoms with E-state index in [4.69, 9.17) is 10.00 Å². The van der Waals surface area contributed by atoms with E-state index in [1.165, 1.54) is 37.4 Å². The zero-order valence-electron chi connectivity index (χ0n) is 20.9. The lowest BCUT2D eigenvalue weighted by molar-refractivity contribution is 0.402. The summed E-state index contributed by atoms with van der Waals surface area (Å²) in [7, 11) is -6.48. The quantitative estimate of drug-likeness (QED) is 0.374. The maximum Gasteiger partial charge on any atom is 0.244 e. The average molecular weight is 544 g/mol. The van der Waals surface area contributed by atoms with Gasteiger partial charge in [0.05, 0.1) is 23.6 Å². The van der Waals surface area contributed by atoms with Gasteiger partial charge in [-0.1, -0.05) is 30.3 Å². The molecule has 0 saturated carbocycles. The summed E-state index contributed by atoms with van der Waals surface area (Å²) in [6, 6.07) is 17.2. The fourth-order valence-corrected chi connectivity index (χ4v) is 6.57. The van der Waals surface area contributed by atoms with E-state index in [1.54, 1.807) is 51.1 Å². The van der Waals surface area contributed by atoms with E-state index >= 15 is 0 Å². The third-order valence-corrected chi connectivity index (χ3v) is 8.58. The van der Waals surface area contributed by atoms with Crippen molar-refractivity contribution in [2.24, 2.45) is 0 Å². The van der Waals surface area contributed by atoms with Crippen molar-refractivity contribution in [1.29, 1.82) is 5.26 Å². The molecule has 37 heavy (non-hydrogen) atoms. The molecule has 3 N–H and O–H groups in total. The summed E-state index contributed by atoms with van der Waals surface area (Å²) in [5.74, 6) is 0.00464. The van der Waals surface area contributed by atoms with E-state index in [1.807, 2.05) is 6.07 Å². The first kappa shape index (κ1) is 28.1. The molecule has 0 atom stereocenters. The van der Waals surface area contributed by atoms with E-state index in [2.05, 4.69) is 9.44 Å². The molecule has 0 bridgehead atoms. The van der Waals surface area contributed by atoms with E-state index in [0.717, 1.165) is 0 Å². The summed E-state index contributed by atoms with van der Waals surface area (Å²) < 4.78 is 61.7. The topological polar surface area (TPSA) is 146 Å². The van der Waals surface area contributed by atoms with Crippen LogP contribution in [0.5, 0.6) is 11.5 Å². The number of rotatable bonds is 9. The van der Waals surface area contributed by atoms with Gasteiger partial charge in [-0.3, -0.25) is 0 Å². The van der Waals surface area contributed by atoms with Crippen molar-refractivity contribution < 1.29 is 26.7 Å². The Morgan fingerprint density at radius 1 is 0.946 bits per heavy atom. The number of ether oxygens (including phenoxy) is 1. The SMILES string of the molecule is COc1ccc(C#N)cc1S(=O)(=O)NCCc1ccc(-c2ccccc2S(=O)(=O)NC(C)(C)C)cc1O. The summed E-state index contributed by atoms with van der Waals surface area (Å²) in [4.78, 5) is -0.0753. The van der Waals surface area contributed by atoms with Gasteiger partial charge in [0.1, 0.15) is 16.4 Å². The van der Waals surface area contributed by atoms with Gasteiger partial charge in [0.25, 0.3) is 0 Å². The lowest BCUT2D eigenvalue weighted by Gasteiger charge is -2.21. The number of nitrogens with zero attached hydrogens (tertiary/aromatic N) is 1. The fraction of sp³-hybridized carbons (Fsp3) is 0.269. The minimum atomic E-state index is -3.99. The lowest BCUT2D eigenvalue weighted by atomic mass is 10.0. The molecule has 196 valence electrons. The van der Waals surface area contributed by atoms with Gasteiger partial charge in [0.15, 0.2) is 0 Å². The number of sulfonamides is 2. The number of hydrogen-bond acceptors (Lipinski definition) is 7. The van der Waals surface area contributed by atoms with Crippen LogP contribution in [0.15, 0.2) is 70.5 Å². The number of nitriles is 1. The number of nitrogens with one attached hydrogen (secondary N) is 2. The number of aromatic hydroxyl groups is 1. The van der Waals surface area contributed by atoms with Gasteiger partial charge < -0.3 is 9.84 Å². The third-order valence-electron chi connectivity index (χ3n) is 5.28. The summed E-state index contributed by atoms with van der Waals surface area (Å²) in [5.41, 5.74) is 0.887. The molecule has 3 aromatic carbocycles. The molecule has 0 heterocycles. The Morgan fingerprint density at radius 3 is 2.27 bits per heavy atom. The van der Waals surface area contributed by atoms with E-state index in [9.17, 15) is 21.9 Å². The Kier molecular flexibility index (Phi) is 8.29. The maximum absolute atomic E-state index is 13.0. The molecule has 11 heteroatoms. The second-order valence-corrected chi connectivity index (χ2v) is 12.7. The van der Waals surface area contributed by atoms with Gasteiger partial charge in [-0.2, -0.15) is 5.26 Å². The summed E-state index contributed by atoms with van der Waals surface area (Å²) in [5, 5.41) is 19.7. The van der Waals surface area contributed by atoms with Crippen LogP contribution < -0.4 is 14.2 Å². The average Bonchev–Trinajstić information content (AvgIpc) is 2.83. The predicted octanol–water partition coefficient (Wildman–Crippen LogP) is 3.54. The number of phenolic OH excluding ortho intramolecular Hbond substituents is 1. The van der Waals surface area contributed by atoms with Crippen molar-refractivity contribution in [2.45, 2.75) is 42.5 Å². The molecule has 3 rings (SSSR count). The van der Waals surface area contributed by atoms with Crippen LogP contribution in [-0.2, 0) is 26.5 Å². The van der Waals surface area contributed by atoms with Crippen LogP contribution in [0.2, 0.25) is 0 Å².